The molecule has 0 bridgehead atoms. The lowest BCUT2D eigenvalue weighted by molar-refractivity contribution is -0.207. The van der Waals surface area contributed by atoms with Crippen molar-refractivity contribution in [1.29, 1.82) is 0 Å². The Kier molecular flexibility index (Phi) is 1.37. The van der Waals surface area contributed by atoms with Crippen LogP contribution in [0.3, 0.4) is 0 Å². The van der Waals surface area contributed by atoms with E-state index in [-0.39, 0.29) is 0 Å². The molecule has 2 fully saturated rings. The Hall–Kier alpha value is -0.0800. The molecule has 0 atom stereocenters. The van der Waals surface area contributed by atoms with Gasteiger partial charge in [-0.15, -0.1) is 0 Å². The van der Waals surface area contributed by atoms with Gasteiger partial charge in [-0.1, -0.05) is 0 Å². The first-order valence-electron chi connectivity index (χ1n) is 4.35. The van der Waals surface area contributed by atoms with Gasteiger partial charge in [0.15, 0.2) is 0 Å². The van der Waals surface area contributed by atoms with Crippen molar-refractivity contribution < 1.29 is 4.74 Å². The number of hydrogen-bond donors (Lipinski definition) is 0. The van der Waals surface area contributed by atoms with E-state index in [1.54, 1.807) is 0 Å². The first-order valence-corrected chi connectivity index (χ1v) is 4.35. The van der Waals surface area contributed by atoms with Gasteiger partial charge in [0.05, 0.1) is 13.2 Å². The van der Waals surface area contributed by atoms with Gasteiger partial charge in [0, 0.05) is 24.0 Å². The van der Waals surface area contributed by atoms with Crippen LogP contribution in [0.2, 0.25) is 0 Å². The molecule has 2 rings (SSSR count). The molecule has 2 saturated heterocycles. The third kappa shape index (κ3) is 1.09. The van der Waals surface area contributed by atoms with Crippen LogP contribution in [0, 0.1) is 5.41 Å². The van der Waals surface area contributed by atoms with Crippen molar-refractivity contribution in [1.82, 2.24) is 4.90 Å². The topological polar surface area (TPSA) is 12.5 Å². The predicted octanol–water partition coefficient (Wildman–Crippen LogP) is 1.12. The Bertz CT molecular complexity index is 159. The molecule has 0 saturated carbocycles. The van der Waals surface area contributed by atoms with Crippen molar-refractivity contribution in [2.75, 3.05) is 26.3 Å². The smallest absolute Gasteiger partial charge is 0.0569 e. The zero-order chi connectivity index (χ0) is 8.11. The summed E-state index contributed by atoms with van der Waals surface area (Å²) in [6, 6.07) is 0. The lowest BCUT2D eigenvalue weighted by atomic mass is 9.75. The quantitative estimate of drug-likeness (QED) is 0.519. The second kappa shape index (κ2) is 1.99. The Morgan fingerprint density at radius 2 is 1.73 bits per heavy atom. The molecule has 2 heterocycles. The monoisotopic (exact) mass is 155 g/mol. The van der Waals surface area contributed by atoms with Gasteiger partial charge in [0.2, 0.25) is 0 Å². The lowest BCUT2D eigenvalue weighted by Gasteiger charge is -2.59. The Balaban J connectivity index is 1.88. The molecule has 11 heavy (non-hydrogen) atoms. The van der Waals surface area contributed by atoms with Gasteiger partial charge in [-0.2, -0.15) is 0 Å². The Morgan fingerprint density at radius 1 is 1.18 bits per heavy atom. The second-order valence-corrected chi connectivity index (χ2v) is 5.02. The van der Waals surface area contributed by atoms with E-state index < -0.39 is 0 Å². The minimum Gasteiger partial charge on any atom is -0.380 e. The Labute approximate surface area is 68.5 Å². The first-order chi connectivity index (χ1) is 5.02. The largest absolute Gasteiger partial charge is 0.380 e. The van der Waals surface area contributed by atoms with E-state index in [1.165, 1.54) is 13.1 Å². The minimum absolute atomic E-state index is 0.362. The van der Waals surface area contributed by atoms with E-state index in [9.17, 15) is 0 Å². The van der Waals surface area contributed by atoms with Gasteiger partial charge in [-0.25, -0.2) is 0 Å². The SMILES string of the molecule is CC(C)(C)N1CC2(COC2)C1. The third-order valence-electron chi connectivity index (χ3n) is 2.82. The number of rotatable bonds is 0. The highest BCUT2D eigenvalue weighted by molar-refractivity contribution is 5.02. The second-order valence-electron chi connectivity index (χ2n) is 5.02. The summed E-state index contributed by atoms with van der Waals surface area (Å²) < 4.78 is 5.21. The molecule has 0 aromatic carbocycles. The summed E-state index contributed by atoms with van der Waals surface area (Å²) in [6.07, 6.45) is 0. The van der Waals surface area contributed by atoms with Crippen LogP contribution in [0.25, 0.3) is 0 Å². The van der Waals surface area contributed by atoms with Crippen molar-refractivity contribution in [3.63, 3.8) is 0 Å². The molecule has 0 amide bonds. The molecular formula is C9H17NO. The van der Waals surface area contributed by atoms with Crippen LogP contribution in [0.15, 0.2) is 0 Å². The first kappa shape index (κ1) is 7.56. The van der Waals surface area contributed by atoms with E-state index in [1.807, 2.05) is 0 Å². The fraction of sp³-hybridized carbons (Fsp3) is 1.00. The molecule has 64 valence electrons. The van der Waals surface area contributed by atoms with Crippen LogP contribution in [-0.2, 0) is 4.74 Å². The van der Waals surface area contributed by atoms with Crippen LogP contribution in [-0.4, -0.2) is 36.7 Å². The zero-order valence-corrected chi connectivity index (χ0v) is 7.68. The van der Waals surface area contributed by atoms with Crippen LogP contribution >= 0.6 is 0 Å². The van der Waals surface area contributed by atoms with Crippen molar-refractivity contribution in [3.05, 3.63) is 0 Å². The normalized spacial score (nSPS) is 29.7. The van der Waals surface area contributed by atoms with Gasteiger partial charge in [-0.3, -0.25) is 4.90 Å². The fourth-order valence-electron chi connectivity index (χ4n) is 1.81. The summed E-state index contributed by atoms with van der Waals surface area (Å²) >= 11 is 0. The predicted molar refractivity (Wildman–Crippen MR) is 44.6 cm³/mol. The van der Waals surface area contributed by atoms with Crippen molar-refractivity contribution in [2.24, 2.45) is 5.41 Å². The molecule has 0 aliphatic carbocycles. The highest BCUT2D eigenvalue weighted by atomic mass is 16.5. The summed E-state index contributed by atoms with van der Waals surface area (Å²) in [5.74, 6) is 0. The van der Waals surface area contributed by atoms with E-state index in [4.69, 9.17) is 4.74 Å². The van der Waals surface area contributed by atoms with Crippen molar-refractivity contribution in [3.8, 4) is 0 Å². The van der Waals surface area contributed by atoms with Gasteiger partial charge in [0.1, 0.15) is 0 Å². The van der Waals surface area contributed by atoms with Crippen molar-refractivity contribution >= 4 is 0 Å². The molecule has 0 aromatic heterocycles. The molecule has 0 radical (unpaired) electrons. The standard InChI is InChI=1S/C9H17NO/c1-8(2,3)10-4-9(5-10)6-11-7-9/h4-7H2,1-3H3. The molecule has 2 aliphatic heterocycles. The van der Waals surface area contributed by atoms with Gasteiger partial charge in [0.25, 0.3) is 0 Å². The highest BCUT2D eigenvalue weighted by Gasteiger charge is 2.51. The van der Waals surface area contributed by atoms with Gasteiger partial charge < -0.3 is 4.74 Å². The van der Waals surface area contributed by atoms with E-state index in [0.717, 1.165) is 13.2 Å². The zero-order valence-electron chi connectivity index (χ0n) is 7.68. The number of likely N-dealkylation sites (tertiary alicyclic amines) is 1. The Morgan fingerprint density at radius 3 is 2.00 bits per heavy atom. The maximum atomic E-state index is 5.21. The maximum Gasteiger partial charge on any atom is 0.0569 e. The summed E-state index contributed by atoms with van der Waals surface area (Å²) in [5.41, 5.74) is 0.939. The number of ether oxygens (including phenoxy) is 1. The fourth-order valence-corrected chi connectivity index (χ4v) is 1.81. The van der Waals surface area contributed by atoms with Crippen molar-refractivity contribution in [2.45, 2.75) is 26.3 Å². The third-order valence-corrected chi connectivity index (χ3v) is 2.82. The number of nitrogens with zero attached hydrogens (tertiary/aromatic N) is 1. The average molecular weight is 155 g/mol. The van der Waals surface area contributed by atoms with Gasteiger partial charge >= 0.3 is 0 Å². The molecule has 0 N–H and O–H groups in total. The van der Waals surface area contributed by atoms with Crippen LogP contribution in [0.5, 0.6) is 0 Å². The summed E-state index contributed by atoms with van der Waals surface area (Å²) in [5, 5.41) is 0. The van der Waals surface area contributed by atoms with Crippen LogP contribution in [0.4, 0.5) is 0 Å². The maximum absolute atomic E-state index is 5.21. The summed E-state index contributed by atoms with van der Waals surface area (Å²) in [6.45, 7) is 11.3. The molecule has 2 nitrogen and oxygen atoms in total. The van der Waals surface area contributed by atoms with E-state index in [0.29, 0.717) is 11.0 Å². The molecular weight excluding hydrogens is 138 g/mol. The van der Waals surface area contributed by atoms with Crippen LogP contribution in [0.1, 0.15) is 20.8 Å². The number of hydrogen-bond acceptors (Lipinski definition) is 2. The van der Waals surface area contributed by atoms with E-state index >= 15 is 0 Å². The molecule has 2 heteroatoms. The van der Waals surface area contributed by atoms with E-state index in [2.05, 4.69) is 25.7 Å². The highest BCUT2D eigenvalue weighted by Crippen LogP contribution is 2.40. The summed E-state index contributed by atoms with van der Waals surface area (Å²) in [7, 11) is 0. The minimum atomic E-state index is 0.362. The van der Waals surface area contributed by atoms with Crippen LogP contribution < -0.4 is 0 Å². The molecule has 0 aromatic rings. The summed E-state index contributed by atoms with van der Waals surface area (Å²) in [4.78, 5) is 2.52. The molecule has 1 spiro atoms. The lowest BCUT2D eigenvalue weighted by Crippen LogP contribution is -2.69. The molecule has 2 aliphatic rings. The van der Waals surface area contributed by atoms with Gasteiger partial charge in [-0.05, 0) is 20.8 Å². The average Bonchev–Trinajstić information content (AvgIpc) is 1.49. The molecule has 0 unspecified atom stereocenters.